The van der Waals surface area contributed by atoms with Crippen LogP contribution in [0.4, 0.5) is 0 Å². The Balaban J connectivity index is 1.93. The molecule has 5 heteroatoms. The van der Waals surface area contributed by atoms with Crippen LogP contribution >= 0.6 is 0 Å². The number of rotatable bonds is 2. The lowest BCUT2D eigenvalue weighted by Crippen LogP contribution is -2.46. The maximum atomic E-state index is 12.5. The molecule has 1 saturated heterocycles. The first-order valence-corrected chi connectivity index (χ1v) is 6.62. The lowest BCUT2D eigenvalue weighted by Gasteiger charge is -2.31. The predicted octanol–water partition coefficient (Wildman–Crippen LogP) is 0.493. The molecule has 19 heavy (non-hydrogen) atoms. The van der Waals surface area contributed by atoms with Crippen LogP contribution in [0.2, 0.25) is 0 Å². The molecular weight excluding hydrogens is 242 g/mol. The van der Waals surface area contributed by atoms with Gasteiger partial charge in [0.05, 0.1) is 11.1 Å². The zero-order chi connectivity index (χ0) is 13.4. The molecule has 0 aliphatic carbocycles. The number of hydrogen-bond acceptors (Lipinski definition) is 3. The van der Waals surface area contributed by atoms with Crippen LogP contribution in [0.5, 0.6) is 0 Å². The molecule has 0 saturated carbocycles. The van der Waals surface area contributed by atoms with Gasteiger partial charge in [0.1, 0.15) is 0 Å². The minimum Gasteiger partial charge on any atom is -0.366 e. The second kappa shape index (κ2) is 4.66. The van der Waals surface area contributed by atoms with Gasteiger partial charge in [-0.05, 0) is 31.0 Å². The molecule has 0 spiro atoms. The molecule has 1 fully saturated rings. The van der Waals surface area contributed by atoms with Gasteiger partial charge in [0.2, 0.25) is 5.91 Å². The molecule has 0 radical (unpaired) electrons. The lowest BCUT2D eigenvalue weighted by molar-refractivity contribution is 0.0671. The topological polar surface area (TPSA) is 75.4 Å². The monoisotopic (exact) mass is 259 g/mol. The van der Waals surface area contributed by atoms with Crippen LogP contribution in [0.1, 0.15) is 39.1 Å². The van der Waals surface area contributed by atoms with E-state index in [-0.39, 0.29) is 11.9 Å². The van der Waals surface area contributed by atoms with Crippen molar-refractivity contribution >= 4 is 11.8 Å². The van der Waals surface area contributed by atoms with Gasteiger partial charge in [-0.2, -0.15) is 0 Å². The molecule has 2 amide bonds. The van der Waals surface area contributed by atoms with Crippen molar-refractivity contribution in [2.24, 2.45) is 5.73 Å². The van der Waals surface area contributed by atoms with E-state index >= 15 is 0 Å². The second-order valence-corrected chi connectivity index (χ2v) is 5.14. The predicted molar refractivity (Wildman–Crippen MR) is 70.7 cm³/mol. The van der Waals surface area contributed by atoms with Gasteiger partial charge in [0, 0.05) is 19.1 Å². The summed E-state index contributed by atoms with van der Waals surface area (Å²) < 4.78 is 0. The van der Waals surface area contributed by atoms with Crippen LogP contribution in [-0.2, 0) is 6.54 Å². The number of nitrogens with two attached hydrogens (primary N) is 1. The summed E-state index contributed by atoms with van der Waals surface area (Å²) in [5.41, 5.74) is 7.10. The number of fused-ring (bicyclic) bond motifs is 1. The van der Waals surface area contributed by atoms with Gasteiger partial charge < -0.3 is 16.0 Å². The molecule has 5 nitrogen and oxygen atoms in total. The van der Waals surface area contributed by atoms with Gasteiger partial charge in [-0.3, -0.25) is 9.59 Å². The normalized spacial score (nSPS) is 22.4. The average Bonchev–Trinajstić information content (AvgIpc) is 2.77. The Kier molecular flexibility index (Phi) is 2.98. The number of carbonyl (C=O) groups excluding carboxylic acids is 2. The van der Waals surface area contributed by atoms with Crippen molar-refractivity contribution in [3.05, 3.63) is 34.9 Å². The Labute approximate surface area is 111 Å². The van der Waals surface area contributed by atoms with E-state index in [4.69, 9.17) is 5.73 Å². The Morgan fingerprint density at radius 1 is 1.42 bits per heavy atom. The molecule has 0 aromatic heterocycles. The van der Waals surface area contributed by atoms with Gasteiger partial charge >= 0.3 is 0 Å². The Morgan fingerprint density at radius 3 is 2.95 bits per heavy atom. The fraction of sp³-hybridized carbons (Fsp3) is 0.429. The third-order valence-electron chi connectivity index (χ3n) is 3.94. The van der Waals surface area contributed by atoms with Crippen molar-refractivity contribution in [3.63, 3.8) is 0 Å². The Hall–Kier alpha value is -1.88. The first-order valence-electron chi connectivity index (χ1n) is 6.62. The Morgan fingerprint density at radius 2 is 2.26 bits per heavy atom. The largest absolute Gasteiger partial charge is 0.366 e. The smallest absolute Gasteiger partial charge is 0.255 e. The molecule has 1 atom stereocenters. The quantitative estimate of drug-likeness (QED) is 0.811. The number of nitrogens with zero attached hydrogens (tertiary/aromatic N) is 1. The molecule has 0 bridgehead atoms. The number of primary amides is 1. The average molecular weight is 259 g/mol. The van der Waals surface area contributed by atoms with Crippen molar-refractivity contribution in [2.75, 3.05) is 13.1 Å². The van der Waals surface area contributed by atoms with Gasteiger partial charge in [0.15, 0.2) is 0 Å². The van der Waals surface area contributed by atoms with Crippen molar-refractivity contribution in [2.45, 2.75) is 25.4 Å². The maximum absolute atomic E-state index is 12.5. The standard InChI is InChI=1S/C14H17N3O2/c15-13(18)11-5-1-3-9-8-17(14(19)12(9)11)10-4-2-6-16-7-10/h1,3,5,10,16H,2,4,6-8H2,(H2,15,18). The summed E-state index contributed by atoms with van der Waals surface area (Å²) >= 11 is 0. The van der Waals surface area contributed by atoms with E-state index in [9.17, 15) is 9.59 Å². The van der Waals surface area contributed by atoms with Gasteiger partial charge in [-0.25, -0.2) is 0 Å². The highest BCUT2D eigenvalue weighted by molar-refractivity contribution is 6.09. The fourth-order valence-electron chi connectivity index (χ4n) is 2.98. The van der Waals surface area contributed by atoms with E-state index in [0.29, 0.717) is 17.7 Å². The van der Waals surface area contributed by atoms with Crippen molar-refractivity contribution in [3.8, 4) is 0 Å². The summed E-state index contributed by atoms with van der Waals surface area (Å²) in [6.07, 6.45) is 2.09. The van der Waals surface area contributed by atoms with E-state index in [0.717, 1.165) is 31.5 Å². The highest BCUT2D eigenvalue weighted by Crippen LogP contribution is 2.29. The fourth-order valence-corrected chi connectivity index (χ4v) is 2.98. The van der Waals surface area contributed by atoms with Gasteiger partial charge in [-0.15, -0.1) is 0 Å². The van der Waals surface area contributed by atoms with Crippen molar-refractivity contribution < 1.29 is 9.59 Å². The maximum Gasteiger partial charge on any atom is 0.255 e. The van der Waals surface area contributed by atoms with Crippen LogP contribution < -0.4 is 11.1 Å². The van der Waals surface area contributed by atoms with E-state index in [1.807, 2.05) is 11.0 Å². The number of amides is 2. The summed E-state index contributed by atoms with van der Waals surface area (Å²) in [5.74, 6) is -0.591. The minimum atomic E-state index is -0.534. The lowest BCUT2D eigenvalue weighted by atomic mass is 10.0. The first kappa shape index (κ1) is 12.2. The molecule has 3 N–H and O–H groups in total. The van der Waals surface area contributed by atoms with Crippen molar-refractivity contribution in [1.82, 2.24) is 10.2 Å². The number of carbonyl (C=O) groups is 2. The zero-order valence-electron chi connectivity index (χ0n) is 10.7. The molecule has 1 aromatic rings. The summed E-state index contributed by atoms with van der Waals surface area (Å²) in [6, 6.07) is 5.53. The molecule has 1 unspecified atom stereocenters. The first-order chi connectivity index (χ1) is 9.18. The van der Waals surface area contributed by atoms with Gasteiger partial charge in [0.25, 0.3) is 5.91 Å². The molecule has 2 heterocycles. The van der Waals surface area contributed by atoms with E-state index in [1.165, 1.54) is 0 Å². The highest BCUT2D eigenvalue weighted by Gasteiger charge is 2.35. The van der Waals surface area contributed by atoms with Crippen molar-refractivity contribution in [1.29, 1.82) is 0 Å². The van der Waals surface area contributed by atoms with Crippen LogP contribution in [0.3, 0.4) is 0 Å². The molecule has 1 aromatic carbocycles. The SMILES string of the molecule is NC(=O)c1cccc2c1C(=O)N(C1CCCNC1)C2. The van der Waals surface area contributed by atoms with Crippen LogP contribution in [0.25, 0.3) is 0 Å². The third-order valence-corrected chi connectivity index (χ3v) is 3.94. The van der Waals surface area contributed by atoms with Crippen LogP contribution in [0, 0.1) is 0 Å². The van der Waals surface area contributed by atoms with Crippen LogP contribution in [0.15, 0.2) is 18.2 Å². The molecule has 2 aliphatic rings. The summed E-state index contributed by atoms with van der Waals surface area (Å²) in [4.78, 5) is 25.8. The highest BCUT2D eigenvalue weighted by atomic mass is 16.2. The molecular formula is C14H17N3O2. The van der Waals surface area contributed by atoms with Crippen LogP contribution in [-0.4, -0.2) is 35.8 Å². The molecule has 2 aliphatic heterocycles. The van der Waals surface area contributed by atoms with E-state index in [1.54, 1.807) is 12.1 Å². The number of piperidine rings is 1. The Bertz CT molecular complexity index is 535. The number of benzene rings is 1. The minimum absolute atomic E-state index is 0.0573. The number of nitrogens with one attached hydrogen (secondary N) is 1. The van der Waals surface area contributed by atoms with E-state index in [2.05, 4.69) is 5.32 Å². The summed E-state index contributed by atoms with van der Waals surface area (Å²) in [6.45, 7) is 2.42. The van der Waals surface area contributed by atoms with Gasteiger partial charge in [-0.1, -0.05) is 12.1 Å². The van der Waals surface area contributed by atoms with E-state index < -0.39 is 5.91 Å². The number of hydrogen-bond donors (Lipinski definition) is 2. The second-order valence-electron chi connectivity index (χ2n) is 5.14. The molecule has 3 rings (SSSR count). The summed E-state index contributed by atoms with van der Waals surface area (Å²) in [7, 11) is 0. The third kappa shape index (κ3) is 2.00. The summed E-state index contributed by atoms with van der Waals surface area (Å²) in [5, 5.41) is 3.31. The zero-order valence-corrected chi connectivity index (χ0v) is 10.7. The molecule has 100 valence electrons.